The molecule has 3 rings (SSSR count). The van der Waals surface area contributed by atoms with Crippen molar-refractivity contribution in [2.75, 3.05) is 45.4 Å². The Labute approximate surface area is 203 Å². The van der Waals surface area contributed by atoms with Gasteiger partial charge in [0, 0.05) is 55.8 Å². The summed E-state index contributed by atoms with van der Waals surface area (Å²) in [6.45, 7) is 4.68. The molecule has 0 bridgehead atoms. The first-order valence-electron chi connectivity index (χ1n) is 11.5. The van der Waals surface area contributed by atoms with E-state index in [2.05, 4.69) is 20.3 Å². The van der Waals surface area contributed by atoms with Crippen LogP contribution in [0.2, 0.25) is 0 Å². The molecule has 3 aromatic rings. The van der Waals surface area contributed by atoms with Crippen LogP contribution in [0.25, 0.3) is 22.3 Å². The molecule has 0 aliphatic rings. The van der Waals surface area contributed by atoms with Gasteiger partial charge in [-0.2, -0.15) is 0 Å². The summed E-state index contributed by atoms with van der Waals surface area (Å²) < 4.78 is 12.3. The Morgan fingerprint density at radius 2 is 2.00 bits per heavy atom. The Hall–Kier alpha value is -3.57. The van der Waals surface area contributed by atoms with E-state index in [0.29, 0.717) is 36.8 Å². The predicted octanol–water partition coefficient (Wildman–Crippen LogP) is 1.22. The fourth-order valence-corrected chi connectivity index (χ4v) is 3.47. The summed E-state index contributed by atoms with van der Waals surface area (Å²) in [7, 11) is 3.17. The van der Waals surface area contributed by atoms with Crippen molar-refractivity contribution < 1.29 is 19.4 Å². The molecule has 1 amide bonds. The number of hydrogen-bond acceptors (Lipinski definition) is 9. The number of ether oxygens (including phenoxy) is 2. The number of hydrogen-bond donors (Lipinski definition) is 2. The maximum atomic E-state index is 13.5. The van der Waals surface area contributed by atoms with Crippen LogP contribution in [0.3, 0.4) is 0 Å². The van der Waals surface area contributed by atoms with Crippen molar-refractivity contribution in [2.24, 2.45) is 0 Å². The highest BCUT2D eigenvalue weighted by atomic mass is 16.5. The number of fused-ring (bicyclic) bond motifs is 1. The minimum atomic E-state index is -0.389. The number of nitrogens with one attached hydrogen (secondary N) is 1. The monoisotopic (exact) mass is 484 g/mol. The highest BCUT2D eigenvalue weighted by Gasteiger charge is 2.19. The first kappa shape index (κ1) is 26.0. The number of aromatic nitrogens is 4. The van der Waals surface area contributed by atoms with Crippen molar-refractivity contribution >= 4 is 22.9 Å². The molecule has 3 heterocycles. The number of aliphatic hydroxyl groups excluding tert-OH is 1. The van der Waals surface area contributed by atoms with Crippen LogP contribution in [0.5, 0.6) is 5.88 Å². The Kier molecular flexibility index (Phi) is 9.10. The third kappa shape index (κ3) is 6.52. The summed E-state index contributed by atoms with van der Waals surface area (Å²) in [5, 5.41) is 11.8. The van der Waals surface area contributed by atoms with E-state index in [4.69, 9.17) is 14.6 Å². The average Bonchev–Trinajstić information content (AvgIpc) is 2.86. The van der Waals surface area contributed by atoms with Gasteiger partial charge in [-0.05, 0) is 25.5 Å². The number of anilines is 1. The molecule has 0 saturated carbocycles. The van der Waals surface area contributed by atoms with Crippen LogP contribution in [0.1, 0.15) is 20.3 Å². The maximum Gasteiger partial charge on any atom is 0.294 e. The van der Waals surface area contributed by atoms with Gasteiger partial charge in [-0.15, -0.1) is 0 Å². The quantitative estimate of drug-likeness (QED) is 0.364. The number of pyridine rings is 2. The van der Waals surface area contributed by atoms with Crippen LogP contribution in [0, 0.1) is 0 Å². The Bertz CT molecular complexity index is 1200. The minimum Gasteiger partial charge on any atom is -0.481 e. The Morgan fingerprint density at radius 3 is 2.66 bits per heavy atom. The molecule has 188 valence electrons. The lowest BCUT2D eigenvalue weighted by atomic mass is 10.1. The second-order valence-corrected chi connectivity index (χ2v) is 8.17. The Morgan fingerprint density at radius 1 is 1.23 bits per heavy atom. The first-order chi connectivity index (χ1) is 16.9. The van der Waals surface area contributed by atoms with E-state index in [0.717, 1.165) is 17.5 Å². The van der Waals surface area contributed by atoms with Gasteiger partial charge in [-0.3, -0.25) is 14.2 Å². The summed E-state index contributed by atoms with van der Waals surface area (Å²) in [5.74, 6) is 0.272. The van der Waals surface area contributed by atoms with E-state index in [1.54, 1.807) is 44.1 Å². The molecule has 11 heteroatoms. The van der Waals surface area contributed by atoms with Gasteiger partial charge in [0.25, 0.3) is 5.56 Å². The molecule has 0 radical (unpaired) electrons. The molecule has 0 aliphatic heterocycles. The first-order valence-corrected chi connectivity index (χ1v) is 11.5. The number of carbonyl (C=O) groups is 1. The standard InChI is InChI=1S/C24H32N6O5/c1-5-9-35-10-8-30-19-11-18(17-6-7-21(34-4)25-12-17)13-26-22(19)28-23(24(30)33)29(3)14-20(32)27-16(2)15-31/h6-7,11-13,16,31H,5,8-10,14-15H2,1-4H3,(H,27,32)/t16-/m0/s1. The summed E-state index contributed by atoms with van der Waals surface area (Å²) in [5.41, 5.74) is 2.16. The molecule has 0 aliphatic carbocycles. The SMILES string of the molecule is CCCOCCn1c(=O)c(N(C)CC(=O)N[C@@H](C)CO)nc2ncc(-c3ccc(OC)nc3)cc21. The zero-order chi connectivity index (χ0) is 25.4. The van der Waals surface area contributed by atoms with Crippen LogP contribution in [0.15, 0.2) is 35.4 Å². The molecule has 0 spiro atoms. The summed E-state index contributed by atoms with van der Waals surface area (Å²) in [4.78, 5) is 40.4. The normalized spacial score (nSPS) is 11.9. The molecule has 2 N–H and O–H groups in total. The lowest BCUT2D eigenvalue weighted by molar-refractivity contribution is -0.120. The van der Waals surface area contributed by atoms with Gasteiger partial charge in [-0.1, -0.05) is 6.92 Å². The second kappa shape index (κ2) is 12.2. The molecule has 1 atom stereocenters. The zero-order valence-corrected chi connectivity index (χ0v) is 20.5. The van der Waals surface area contributed by atoms with Crippen molar-refractivity contribution in [2.45, 2.75) is 32.9 Å². The van der Waals surface area contributed by atoms with E-state index in [1.807, 2.05) is 19.1 Å². The number of likely N-dealkylation sites (N-methyl/N-ethyl adjacent to an activating group) is 1. The molecule has 0 saturated heterocycles. The van der Waals surface area contributed by atoms with Gasteiger partial charge in [-0.25, -0.2) is 15.0 Å². The lowest BCUT2D eigenvalue weighted by Gasteiger charge is -2.20. The van der Waals surface area contributed by atoms with Crippen LogP contribution < -0.4 is 20.5 Å². The fourth-order valence-electron chi connectivity index (χ4n) is 3.47. The number of rotatable bonds is 12. The van der Waals surface area contributed by atoms with Crippen molar-refractivity contribution in [3.05, 3.63) is 40.9 Å². The van der Waals surface area contributed by atoms with Crippen molar-refractivity contribution in [3.8, 4) is 17.0 Å². The molecular weight excluding hydrogens is 452 g/mol. The van der Waals surface area contributed by atoms with Gasteiger partial charge in [0.15, 0.2) is 11.5 Å². The highest BCUT2D eigenvalue weighted by molar-refractivity contribution is 5.82. The average molecular weight is 485 g/mol. The van der Waals surface area contributed by atoms with E-state index in [1.165, 1.54) is 4.90 Å². The highest BCUT2D eigenvalue weighted by Crippen LogP contribution is 2.23. The molecule has 35 heavy (non-hydrogen) atoms. The Balaban J connectivity index is 2.00. The van der Waals surface area contributed by atoms with E-state index < -0.39 is 0 Å². The van der Waals surface area contributed by atoms with E-state index >= 15 is 0 Å². The smallest absolute Gasteiger partial charge is 0.294 e. The fraction of sp³-hybridized carbons (Fsp3) is 0.458. The van der Waals surface area contributed by atoms with Crippen molar-refractivity contribution in [3.63, 3.8) is 0 Å². The largest absolute Gasteiger partial charge is 0.481 e. The molecule has 0 unspecified atom stereocenters. The third-order valence-electron chi connectivity index (χ3n) is 5.30. The van der Waals surface area contributed by atoms with Crippen LogP contribution >= 0.6 is 0 Å². The molecular formula is C24H32N6O5. The maximum absolute atomic E-state index is 13.5. The number of methoxy groups -OCH3 is 1. The predicted molar refractivity (Wildman–Crippen MR) is 133 cm³/mol. The van der Waals surface area contributed by atoms with Crippen molar-refractivity contribution in [1.29, 1.82) is 0 Å². The molecule has 0 fully saturated rings. The van der Waals surface area contributed by atoms with E-state index in [9.17, 15) is 9.59 Å². The summed E-state index contributed by atoms with van der Waals surface area (Å²) in [6.07, 6.45) is 4.22. The van der Waals surface area contributed by atoms with Crippen LogP contribution in [0.4, 0.5) is 5.82 Å². The number of amides is 1. The summed E-state index contributed by atoms with van der Waals surface area (Å²) in [6, 6.07) is 5.08. The number of carbonyl (C=O) groups excluding carboxylic acids is 1. The van der Waals surface area contributed by atoms with E-state index in [-0.39, 0.29) is 36.5 Å². The summed E-state index contributed by atoms with van der Waals surface area (Å²) >= 11 is 0. The minimum absolute atomic E-state index is 0.0972. The molecule has 11 nitrogen and oxygen atoms in total. The van der Waals surface area contributed by atoms with Gasteiger partial charge in [0.2, 0.25) is 11.8 Å². The second-order valence-electron chi connectivity index (χ2n) is 8.17. The van der Waals surface area contributed by atoms with Crippen LogP contribution in [-0.2, 0) is 16.1 Å². The van der Waals surface area contributed by atoms with Gasteiger partial charge < -0.3 is 24.8 Å². The third-order valence-corrected chi connectivity index (χ3v) is 5.30. The topological polar surface area (TPSA) is 132 Å². The molecule has 3 aromatic heterocycles. The lowest BCUT2D eigenvalue weighted by Crippen LogP contribution is -2.43. The van der Waals surface area contributed by atoms with Crippen molar-refractivity contribution in [1.82, 2.24) is 24.8 Å². The zero-order valence-electron chi connectivity index (χ0n) is 20.5. The molecule has 0 aromatic carbocycles. The van der Waals surface area contributed by atoms with Gasteiger partial charge in [0.1, 0.15) is 0 Å². The van der Waals surface area contributed by atoms with Gasteiger partial charge in [0.05, 0.1) is 32.4 Å². The van der Waals surface area contributed by atoms with Gasteiger partial charge >= 0.3 is 0 Å². The number of aliphatic hydroxyl groups is 1. The van der Waals surface area contributed by atoms with Crippen LogP contribution in [-0.4, -0.2) is 77.1 Å². The number of nitrogens with zero attached hydrogens (tertiary/aromatic N) is 5.